The first kappa shape index (κ1) is 14.8. The molecule has 0 N–H and O–H groups in total. The second-order valence-corrected chi connectivity index (χ2v) is 6.98. The Bertz CT molecular complexity index is 541. The van der Waals surface area contributed by atoms with E-state index in [-0.39, 0.29) is 6.10 Å². The quantitative estimate of drug-likeness (QED) is 0.793. The van der Waals surface area contributed by atoms with Crippen LogP contribution in [0.15, 0.2) is 17.2 Å². The lowest BCUT2D eigenvalue weighted by atomic mass is 10.1. The molecule has 1 fully saturated rings. The highest BCUT2D eigenvalue weighted by Gasteiger charge is 2.31. The summed E-state index contributed by atoms with van der Waals surface area (Å²) in [5.41, 5.74) is 0.792. The van der Waals surface area contributed by atoms with E-state index in [9.17, 15) is 8.42 Å². The summed E-state index contributed by atoms with van der Waals surface area (Å²) in [6.07, 6.45) is 3.33. The minimum absolute atomic E-state index is 0.0141. The van der Waals surface area contributed by atoms with Crippen molar-refractivity contribution < 1.29 is 13.2 Å². The molecule has 7 heteroatoms. The Morgan fingerprint density at radius 2 is 2.26 bits per heavy atom. The highest BCUT2D eigenvalue weighted by Crippen LogP contribution is 2.23. The second-order valence-electron chi connectivity index (χ2n) is 4.77. The minimum atomic E-state index is -3.44. The summed E-state index contributed by atoms with van der Waals surface area (Å²) in [5, 5.41) is 0. The molecule has 0 spiro atoms. The molecule has 0 aliphatic carbocycles. The average molecular weight is 307 g/mol. The molecule has 2 rings (SSSR count). The molecule has 2 heterocycles. The van der Waals surface area contributed by atoms with E-state index < -0.39 is 10.0 Å². The maximum Gasteiger partial charge on any atom is 0.244 e. The molecule has 1 aliphatic heterocycles. The number of alkyl halides is 1. The minimum Gasteiger partial charge on any atom is -0.380 e. The van der Waals surface area contributed by atoms with Crippen molar-refractivity contribution in [3.63, 3.8) is 0 Å². The summed E-state index contributed by atoms with van der Waals surface area (Å²) in [7, 11) is -0.0265. The van der Waals surface area contributed by atoms with Crippen molar-refractivity contribution in [1.29, 1.82) is 0 Å². The van der Waals surface area contributed by atoms with Gasteiger partial charge >= 0.3 is 0 Å². The van der Waals surface area contributed by atoms with E-state index in [4.69, 9.17) is 16.3 Å². The number of aryl methyl sites for hydroxylation is 1. The Hall–Kier alpha value is -0.560. The Morgan fingerprint density at radius 3 is 2.84 bits per heavy atom. The highest BCUT2D eigenvalue weighted by molar-refractivity contribution is 7.89. The van der Waals surface area contributed by atoms with Crippen LogP contribution in [0.1, 0.15) is 18.5 Å². The SMILES string of the molecule is COC1CCCN(S(=O)(=O)c2cc(CCl)n(C)c2)C1. The van der Waals surface area contributed by atoms with Crippen molar-refractivity contribution in [1.82, 2.24) is 8.87 Å². The fourth-order valence-corrected chi connectivity index (χ4v) is 4.19. The molecule has 1 unspecified atom stereocenters. The van der Waals surface area contributed by atoms with Gasteiger partial charge in [-0.05, 0) is 18.9 Å². The first-order valence-corrected chi connectivity index (χ1v) is 8.20. The molecular weight excluding hydrogens is 288 g/mol. The van der Waals surface area contributed by atoms with Gasteiger partial charge in [-0.15, -0.1) is 11.6 Å². The number of aromatic nitrogens is 1. The van der Waals surface area contributed by atoms with E-state index in [1.807, 2.05) is 0 Å². The normalized spacial score (nSPS) is 21.7. The lowest BCUT2D eigenvalue weighted by Gasteiger charge is -2.30. The van der Waals surface area contributed by atoms with E-state index in [0.29, 0.717) is 23.9 Å². The predicted molar refractivity (Wildman–Crippen MR) is 73.8 cm³/mol. The molecule has 108 valence electrons. The van der Waals surface area contributed by atoms with Gasteiger partial charge in [0.25, 0.3) is 0 Å². The largest absolute Gasteiger partial charge is 0.380 e. The van der Waals surface area contributed by atoms with Crippen LogP contribution in [0.2, 0.25) is 0 Å². The molecule has 1 atom stereocenters. The van der Waals surface area contributed by atoms with Crippen LogP contribution in [0.4, 0.5) is 0 Å². The number of hydrogen-bond acceptors (Lipinski definition) is 3. The number of halogens is 1. The average Bonchev–Trinajstić information content (AvgIpc) is 2.80. The topological polar surface area (TPSA) is 51.5 Å². The van der Waals surface area contributed by atoms with E-state index >= 15 is 0 Å². The first-order chi connectivity index (χ1) is 8.98. The Balaban J connectivity index is 2.25. The van der Waals surface area contributed by atoms with Gasteiger partial charge in [0.1, 0.15) is 4.90 Å². The lowest BCUT2D eigenvalue weighted by Crippen LogP contribution is -2.42. The first-order valence-electron chi connectivity index (χ1n) is 6.23. The maximum absolute atomic E-state index is 12.5. The van der Waals surface area contributed by atoms with Gasteiger partial charge in [-0.25, -0.2) is 8.42 Å². The monoisotopic (exact) mass is 306 g/mol. The fourth-order valence-electron chi connectivity index (χ4n) is 2.32. The van der Waals surface area contributed by atoms with Gasteiger partial charge in [0.2, 0.25) is 10.0 Å². The molecular formula is C12H19ClN2O3S. The van der Waals surface area contributed by atoms with Crippen molar-refractivity contribution in [3.05, 3.63) is 18.0 Å². The molecule has 0 radical (unpaired) electrons. The van der Waals surface area contributed by atoms with Gasteiger partial charge < -0.3 is 9.30 Å². The van der Waals surface area contributed by atoms with Crippen LogP contribution in [0.25, 0.3) is 0 Å². The molecule has 1 saturated heterocycles. The third-order valence-electron chi connectivity index (χ3n) is 3.53. The van der Waals surface area contributed by atoms with Crippen LogP contribution in [0.3, 0.4) is 0 Å². The van der Waals surface area contributed by atoms with Crippen LogP contribution in [0.5, 0.6) is 0 Å². The number of sulfonamides is 1. The molecule has 5 nitrogen and oxygen atoms in total. The van der Waals surface area contributed by atoms with Crippen LogP contribution in [-0.2, 0) is 27.7 Å². The van der Waals surface area contributed by atoms with Crippen molar-refractivity contribution in [2.45, 2.75) is 29.7 Å². The predicted octanol–water partition coefficient (Wildman–Crippen LogP) is 1.56. The number of hydrogen-bond donors (Lipinski definition) is 0. The number of methoxy groups -OCH3 is 1. The summed E-state index contributed by atoms with van der Waals surface area (Å²) >= 11 is 5.78. The standard InChI is InChI=1S/C12H19ClN2O3S/c1-14-9-12(6-10(14)7-13)19(16,17)15-5-3-4-11(8-15)18-2/h6,9,11H,3-5,7-8H2,1-2H3. The maximum atomic E-state index is 12.5. The van der Waals surface area contributed by atoms with Gasteiger partial charge in [-0.1, -0.05) is 0 Å². The van der Waals surface area contributed by atoms with Crippen molar-refractivity contribution >= 4 is 21.6 Å². The summed E-state index contributed by atoms with van der Waals surface area (Å²) in [4.78, 5) is 0.308. The summed E-state index contributed by atoms with van der Waals surface area (Å²) < 4.78 is 33.6. The van der Waals surface area contributed by atoms with Gasteiger partial charge in [-0.3, -0.25) is 0 Å². The van der Waals surface area contributed by atoms with Crippen molar-refractivity contribution in [2.24, 2.45) is 7.05 Å². The molecule has 1 aromatic rings. The summed E-state index contributed by atoms with van der Waals surface area (Å²) in [6.45, 7) is 0.969. The van der Waals surface area contributed by atoms with Crippen LogP contribution >= 0.6 is 11.6 Å². The number of rotatable bonds is 4. The van der Waals surface area contributed by atoms with E-state index in [1.165, 1.54) is 4.31 Å². The van der Waals surface area contributed by atoms with Gasteiger partial charge in [0, 0.05) is 39.1 Å². The highest BCUT2D eigenvalue weighted by atomic mass is 35.5. The molecule has 0 amide bonds. The molecule has 1 aliphatic rings. The van der Waals surface area contributed by atoms with Crippen LogP contribution < -0.4 is 0 Å². The molecule has 1 aromatic heterocycles. The number of piperidine rings is 1. The molecule has 0 aromatic carbocycles. The second kappa shape index (κ2) is 5.83. The Morgan fingerprint density at radius 1 is 1.53 bits per heavy atom. The number of ether oxygens (including phenoxy) is 1. The van der Waals surface area contributed by atoms with Crippen molar-refractivity contribution in [3.8, 4) is 0 Å². The zero-order valence-corrected chi connectivity index (χ0v) is 12.7. The zero-order chi connectivity index (χ0) is 14.0. The van der Waals surface area contributed by atoms with Crippen LogP contribution in [-0.4, -0.2) is 43.6 Å². The molecule has 0 bridgehead atoms. The van der Waals surface area contributed by atoms with Crippen molar-refractivity contribution in [2.75, 3.05) is 20.2 Å². The smallest absolute Gasteiger partial charge is 0.244 e. The van der Waals surface area contributed by atoms with Gasteiger partial charge in [0.15, 0.2) is 0 Å². The molecule has 19 heavy (non-hydrogen) atoms. The zero-order valence-electron chi connectivity index (χ0n) is 11.2. The Labute approximate surface area is 119 Å². The van der Waals surface area contributed by atoms with E-state index in [2.05, 4.69) is 0 Å². The number of nitrogens with zero attached hydrogens (tertiary/aromatic N) is 2. The van der Waals surface area contributed by atoms with Gasteiger partial charge in [0.05, 0.1) is 12.0 Å². The van der Waals surface area contributed by atoms with E-state index in [0.717, 1.165) is 18.5 Å². The third kappa shape index (κ3) is 2.97. The third-order valence-corrected chi connectivity index (χ3v) is 5.64. The Kier molecular flexibility index (Phi) is 4.55. The fraction of sp³-hybridized carbons (Fsp3) is 0.667. The van der Waals surface area contributed by atoms with Crippen LogP contribution in [0, 0.1) is 0 Å². The summed E-state index contributed by atoms with van der Waals surface area (Å²) in [6, 6.07) is 1.64. The van der Waals surface area contributed by atoms with Gasteiger partial charge in [-0.2, -0.15) is 4.31 Å². The van der Waals surface area contributed by atoms with E-state index in [1.54, 1.807) is 31.0 Å². The molecule has 0 saturated carbocycles. The summed E-state index contributed by atoms with van der Waals surface area (Å²) in [5.74, 6) is 0.298. The lowest BCUT2D eigenvalue weighted by molar-refractivity contribution is 0.0572.